The van der Waals surface area contributed by atoms with Gasteiger partial charge in [-0.3, -0.25) is 0 Å². The summed E-state index contributed by atoms with van der Waals surface area (Å²) in [6.07, 6.45) is -5.50. The molecule has 0 aromatic rings. The summed E-state index contributed by atoms with van der Waals surface area (Å²) in [5.74, 6) is 0. The molecule has 0 unspecified atom stereocenters. The lowest BCUT2D eigenvalue weighted by Crippen LogP contribution is -1.81. The standard InChI is InChI=1S/3CH2O3.25Mg.50H/c3*2-1(3)4;;;;;;;;;;;;;;;;;;;;;;;;;;;;;;;;;;;;;;;;;;;;;;;;;;;;;;;;;;;;;;;;;;;;;;;;;;;/h3*(H2,2,3,4);;;;;;;;;;;;;;;;;;;;;;;;;;;;;;;;;;;;;;;;;;;;;;;;;;;;;;;;;;;;;;;;;;;;;;;;;;;. The van der Waals surface area contributed by atoms with E-state index >= 15 is 0 Å². The molecule has 0 saturated carbocycles. The monoisotopic (exact) mass is 836 g/mol. The second-order valence-electron chi connectivity index (χ2n) is 0.848. The Balaban J connectivity index is -0.000000000944. The lowest BCUT2D eigenvalue weighted by Gasteiger charge is -1.60. The fourth-order valence-corrected chi connectivity index (χ4v) is 0. The molecule has 0 aliphatic carbocycles. The van der Waals surface area contributed by atoms with Gasteiger partial charge in [0.15, 0.2) is 0 Å². The molecule has 34 heteroatoms. The average molecular weight is 844 g/mol. The van der Waals surface area contributed by atoms with Crippen LogP contribution in [0.25, 0.3) is 0 Å². The van der Waals surface area contributed by atoms with Crippen LogP contribution in [-0.4, -0.2) is 625 Å². The predicted octanol–water partition coefficient (Wildman–Crippen LogP) is -22.2. The Morgan fingerprint density at radius 1 is 0.189 bits per heavy atom. The number of hydrogen-bond acceptors (Lipinski definition) is 3. The van der Waals surface area contributed by atoms with Gasteiger partial charge in [0.05, 0.1) is 0 Å². The zero-order chi connectivity index (χ0) is 10.7. The van der Waals surface area contributed by atoms with Crippen molar-refractivity contribution in [2.45, 2.75) is 0 Å². The van der Waals surface area contributed by atoms with Crippen molar-refractivity contribution in [3.05, 3.63) is 0 Å². The first-order valence-electron chi connectivity index (χ1n) is 1.95. The topological polar surface area (TPSA) is 173 Å². The van der Waals surface area contributed by atoms with Gasteiger partial charge in [-0.15, -0.1) is 0 Å². The Labute approximate surface area is 621 Å². The molecular weight excluding hydrogens is 788 g/mol. The molecule has 6 N–H and O–H groups in total. The molecule has 0 amide bonds. The molecule has 0 aromatic heterocycles. The van der Waals surface area contributed by atoms with Crippen LogP contribution in [0.1, 0.15) is 0 Å². The highest BCUT2D eigenvalue weighted by atomic mass is 24.3. The van der Waals surface area contributed by atoms with Crippen LogP contribution in [0.15, 0.2) is 0 Å². The summed E-state index contributed by atoms with van der Waals surface area (Å²) in [5.41, 5.74) is 0. The van der Waals surface area contributed by atoms with Crippen molar-refractivity contribution in [3.8, 4) is 0 Å². The van der Waals surface area contributed by atoms with Gasteiger partial charge in [0.25, 0.3) is 0 Å². The van der Waals surface area contributed by atoms with Crippen molar-refractivity contribution in [1.82, 2.24) is 0 Å². The van der Waals surface area contributed by atoms with Gasteiger partial charge in [0.1, 0.15) is 0 Å². The maximum Gasteiger partial charge on any atom is 0.503 e. The molecule has 0 rings (SSSR count). The predicted molar refractivity (Wildman–Crippen MR) is 246 cm³/mol. The number of hydrogen-bond donors (Lipinski definition) is 6. The molecule has 0 aromatic carbocycles. The molecule has 0 fully saturated rings. The van der Waals surface area contributed by atoms with Crippen LogP contribution in [0.3, 0.4) is 0 Å². The molecule has 0 spiro atoms. The Morgan fingerprint density at radius 3 is 0.189 bits per heavy atom. The minimum Gasteiger partial charge on any atom is -0.450 e. The zero-order valence-electron chi connectivity index (χ0n) is 5.41. The first kappa shape index (κ1) is 225. The van der Waals surface area contributed by atoms with Crippen molar-refractivity contribution in [3.63, 3.8) is 0 Å². The van der Waals surface area contributed by atoms with Crippen molar-refractivity contribution < 1.29 is 45.0 Å². The molecule has 0 bridgehead atoms. The number of carbonyl (C=O) groups is 3. The largest absolute Gasteiger partial charge is 0.503 e. The number of rotatable bonds is 0. The van der Waals surface area contributed by atoms with E-state index in [4.69, 9.17) is 45.0 Å². The van der Waals surface area contributed by atoms with Crippen molar-refractivity contribution >= 4 is 595 Å². The van der Waals surface area contributed by atoms with Crippen LogP contribution in [0.4, 0.5) is 14.4 Å². The first-order chi connectivity index (χ1) is 5.20. The highest BCUT2D eigenvalue weighted by Gasteiger charge is 1.70. The van der Waals surface area contributed by atoms with E-state index in [0.717, 1.165) is 0 Å². The second-order valence-corrected chi connectivity index (χ2v) is 0.848. The summed E-state index contributed by atoms with van der Waals surface area (Å²) in [7, 11) is 0. The van der Waals surface area contributed by atoms with Gasteiger partial charge in [-0.05, 0) is 0 Å². The molecule has 9 nitrogen and oxygen atoms in total. The summed E-state index contributed by atoms with van der Waals surface area (Å²) in [6.45, 7) is 0. The molecule has 0 radical (unpaired) electrons. The van der Waals surface area contributed by atoms with Gasteiger partial charge in [-0.1, -0.05) is 0 Å². The quantitative estimate of drug-likeness (QED) is 0.130. The summed E-state index contributed by atoms with van der Waals surface area (Å²) < 4.78 is 0. The third-order valence-corrected chi connectivity index (χ3v) is 0. The molecular formula is C3H56Mg25O9. The summed E-state index contributed by atoms with van der Waals surface area (Å²) in [5, 5.41) is 41.8. The molecule has 0 atom stereocenters. The van der Waals surface area contributed by atoms with Crippen LogP contribution in [0, 0.1) is 0 Å². The Hall–Kier alpha value is 17.0. The molecule has 0 aliphatic rings. The third kappa shape index (κ3) is 478. The smallest absolute Gasteiger partial charge is 0.450 e. The van der Waals surface area contributed by atoms with Gasteiger partial charge in [0.2, 0.25) is 0 Å². The average Bonchev–Trinajstić information content (AvgIpc) is 1.54. The zero-order valence-corrected chi connectivity index (χ0v) is 5.41. The molecule has 37 heavy (non-hydrogen) atoms. The molecule has 172 valence electrons. The number of carboxylic acid groups (broad SMARTS) is 6. The normalized spacial score (nSPS) is 1.95. The Bertz CT molecular complexity index is 141. The van der Waals surface area contributed by atoms with Gasteiger partial charge < -0.3 is 30.6 Å². The Morgan fingerprint density at radius 2 is 0.189 bits per heavy atom. The highest BCUT2D eigenvalue weighted by molar-refractivity contribution is 5.78. The van der Waals surface area contributed by atoms with Crippen LogP contribution in [-0.2, 0) is 0 Å². The van der Waals surface area contributed by atoms with E-state index in [2.05, 4.69) is 0 Å². The molecule has 0 aliphatic heterocycles. The van der Waals surface area contributed by atoms with E-state index in [-0.39, 0.29) is 576 Å². The van der Waals surface area contributed by atoms with Crippen LogP contribution in [0.2, 0.25) is 0 Å². The summed E-state index contributed by atoms with van der Waals surface area (Å²) in [6, 6.07) is 0. The molecule has 0 heterocycles. The van der Waals surface area contributed by atoms with Crippen molar-refractivity contribution in [2.24, 2.45) is 0 Å². The SMILES string of the molecule is O=C(O)O.O=C(O)O.O=C(O)O.[MgH2].[MgH2].[MgH2].[MgH2].[MgH2].[MgH2].[MgH2].[MgH2].[MgH2].[MgH2].[MgH2].[MgH2].[MgH2].[MgH2].[MgH2].[MgH2].[MgH2].[MgH2].[MgH2].[MgH2].[MgH2].[MgH2].[MgH2].[MgH2].[MgH2]. The van der Waals surface area contributed by atoms with E-state index in [1.807, 2.05) is 0 Å². The van der Waals surface area contributed by atoms with E-state index < -0.39 is 18.5 Å². The summed E-state index contributed by atoms with van der Waals surface area (Å²) >= 11 is 0. The lowest BCUT2D eigenvalue weighted by molar-refractivity contribution is 0.135. The van der Waals surface area contributed by atoms with Gasteiger partial charge in [0, 0.05) is 0 Å². The second kappa shape index (κ2) is 212. The fraction of sp³-hybridized carbons (Fsp3) is 0. The van der Waals surface area contributed by atoms with E-state index in [1.165, 1.54) is 0 Å². The van der Waals surface area contributed by atoms with Crippen LogP contribution in [0.5, 0.6) is 0 Å². The van der Waals surface area contributed by atoms with Crippen molar-refractivity contribution in [2.75, 3.05) is 0 Å². The molecule has 0 saturated heterocycles. The first-order valence-corrected chi connectivity index (χ1v) is 1.95. The van der Waals surface area contributed by atoms with Gasteiger partial charge in [-0.2, -0.15) is 0 Å². The van der Waals surface area contributed by atoms with Crippen LogP contribution < -0.4 is 0 Å². The minimum atomic E-state index is -1.83. The maximum atomic E-state index is 8.56. The highest BCUT2D eigenvalue weighted by Crippen LogP contribution is 1.43. The minimum absolute atomic E-state index is 0. The van der Waals surface area contributed by atoms with Gasteiger partial charge >= 0.3 is 595 Å². The summed E-state index contributed by atoms with van der Waals surface area (Å²) in [4.78, 5) is 25.7. The third-order valence-electron chi connectivity index (χ3n) is 0. The maximum absolute atomic E-state index is 8.56. The van der Waals surface area contributed by atoms with E-state index in [1.54, 1.807) is 0 Å². The van der Waals surface area contributed by atoms with Gasteiger partial charge in [-0.25, -0.2) is 14.4 Å². The van der Waals surface area contributed by atoms with E-state index in [0.29, 0.717) is 0 Å². The Kier molecular flexibility index (Phi) is 1290. The van der Waals surface area contributed by atoms with Crippen molar-refractivity contribution in [1.29, 1.82) is 0 Å². The lowest BCUT2D eigenvalue weighted by atomic mass is 11.5. The van der Waals surface area contributed by atoms with Crippen LogP contribution >= 0.6 is 0 Å². The van der Waals surface area contributed by atoms with E-state index in [9.17, 15) is 0 Å². The fourth-order valence-electron chi connectivity index (χ4n) is 0.